The van der Waals surface area contributed by atoms with Crippen molar-refractivity contribution in [1.82, 2.24) is 0 Å². The van der Waals surface area contributed by atoms with E-state index in [9.17, 15) is 4.57 Å². The van der Waals surface area contributed by atoms with E-state index < -0.39 is 7.80 Å². The van der Waals surface area contributed by atoms with Crippen molar-refractivity contribution >= 4 is 20.2 Å². The normalized spacial score (nSPS) is 7.14. The summed E-state index contributed by atoms with van der Waals surface area (Å²) in [5, 5.41) is 0. The van der Waals surface area contributed by atoms with Crippen LogP contribution in [-0.2, 0) is 4.57 Å². The SMILES string of the molecule is CC[P+](=O)CC.Cl. The highest BCUT2D eigenvalue weighted by Crippen LogP contribution is 2.16. The number of rotatable bonds is 2. The molecule has 0 aromatic heterocycles. The molecule has 0 amide bonds. The summed E-state index contributed by atoms with van der Waals surface area (Å²) in [7, 11) is -0.826. The molecule has 0 aromatic rings. The van der Waals surface area contributed by atoms with Gasteiger partial charge in [-0.15, -0.1) is 12.4 Å². The third-order valence-electron chi connectivity index (χ3n) is 0.705. The second-order valence-electron chi connectivity index (χ2n) is 1.11. The standard InChI is InChI=1S/C4H10OP.ClH/c1-3-6(5)4-2;/h3-4H2,1-2H3;1H/q+1;. The fourth-order valence-corrected chi connectivity index (χ4v) is 0.671. The fourth-order valence-electron chi connectivity index (χ4n) is 0.224. The van der Waals surface area contributed by atoms with Crippen LogP contribution in [0.15, 0.2) is 0 Å². The van der Waals surface area contributed by atoms with E-state index in [-0.39, 0.29) is 12.4 Å². The molecule has 0 fully saturated rings. The second kappa shape index (κ2) is 6.39. The summed E-state index contributed by atoms with van der Waals surface area (Å²) in [5.74, 6) is 0. The van der Waals surface area contributed by atoms with E-state index in [1.165, 1.54) is 0 Å². The summed E-state index contributed by atoms with van der Waals surface area (Å²) in [6.07, 6.45) is 1.68. The van der Waals surface area contributed by atoms with Gasteiger partial charge in [0.15, 0.2) is 0 Å². The lowest BCUT2D eigenvalue weighted by Crippen LogP contribution is -1.66. The first-order valence-electron chi connectivity index (χ1n) is 2.23. The Labute approximate surface area is 51.7 Å². The zero-order chi connectivity index (χ0) is 4.99. The van der Waals surface area contributed by atoms with Crippen molar-refractivity contribution in [3.63, 3.8) is 0 Å². The lowest BCUT2D eigenvalue weighted by atomic mass is 11.0. The van der Waals surface area contributed by atoms with Gasteiger partial charge >= 0.3 is 7.80 Å². The summed E-state index contributed by atoms with van der Waals surface area (Å²) in [4.78, 5) is 0. The van der Waals surface area contributed by atoms with Crippen LogP contribution in [0.3, 0.4) is 0 Å². The molecular formula is C4H11ClOP+. The van der Waals surface area contributed by atoms with Crippen LogP contribution in [0.4, 0.5) is 0 Å². The average Bonchev–Trinajstić information content (AvgIpc) is 1.65. The molecule has 0 atom stereocenters. The van der Waals surface area contributed by atoms with Gasteiger partial charge in [0.25, 0.3) is 0 Å². The first-order valence-corrected chi connectivity index (χ1v) is 3.86. The topological polar surface area (TPSA) is 17.1 Å². The maximum absolute atomic E-state index is 10.3. The molecule has 0 aliphatic heterocycles. The van der Waals surface area contributed by atoms with E-state index in [2.05, 4.69) is 0 Å². The molecule has 0 spiro atoms. The van der Waals surface area contributed by atoms with Gasteiger partial charge in [0, 0.05) is 0 Å². The Morgan fingerprint density at radius 1 is 1.29 bits per heavy atom. The van der Waals surface area contributed by atoms with Crippen molar-refractivity contribution in [1.29, 1.82) is 0 Å². The van der Waals surface area contributed by atoms with Crippen LogP contribution in [-0.4, -0.2) is 12.3 Å². The Bertz CT molecular complexity index is 49.7. The van der Waals surface area contributed by atoms with Gasteiger partial charge in [-0.3, -0.25) is 0 Å². The highest BCUT2D eigenvalue weighted by Gasteiger charge is 2.02. The smallest absolute Gasteiger partial charge is 0.147 e. The predicted molar refractivity (Wildman–Crippen MR) is 35.9 cm³/mol. The fraction of sp³-hybridized carbons (Fsp3) is 1.00. The van der Waals surface area contributed by atoms with E-state index in [0.717, 1.165) is 12.3 Å². The molecule has 0 bridgehead atoms. The van der Waals surface area contributed by atoms with Crippen LogP contribution in [0, 0.1) is 0 Å². The molecule has 44 valence electrons. The van der Waals surface area contributed by atoms with Gasteiger partial charge in [-0.2, -0.15) is 0 Å². The van der Waals surface area contributed by atoms with Gasteiger partial charge < -0.3 is 0 Å². The van der Waals surface area contributed by atoms with Crippen molar-refractivity contribution in [2.24, 2.45) is 0 Å². The van der Waals surface area contributed by atoms with E-state index in [4.69, 9.17) is 0 Å². The third-order valence-corrected chi connectivity index (χ3v) is 2.12. The van der Waals surface area contributed by atoms with E-state index >= 15 is 0 Å². The zero-order valence-electron chi connectivity index (χ0n) is 4.68. The summed E-state index contributed by atoms with van der Waals surface area (Å²) in [5.41, 5.74) is 0. The lowest BCUT2D eigenvalue weighted by molar-refractivity contribution is 0.589. The third kappa shape index (κ3) is 6.39. The van der Waals surface area contributed by atoms with E-state index in [0.29, 0.717) is 0 Å². The second-order valence-corrected chi connectivity index (χ2v) is 3.34. The molecule has 0 aliphatic rings. The van der Waals surface area contributed by atoms with Crippen LogP contribution >= 0.6 is 20.2 Å². The highest BCUT2D eigenvalue weighted by atomic mass is 35.5. The largest absolute Gasteiger partial charge is 0.338 e. The number of hydrogen-bond donors (Lipinski definition) is 0. The molecule has 0 rings (SSSR count). The molecule has 0 radical (unpaired) electrons. The summed E-state index contributed by atoms with van der Waals surface area (Å²) < 4.78 is 10.3. The molecule has 0 heterocycles. The van der Waals surface area contributed by atoms with Crippen molar-refractivity contribution in [3.8, 4) is 0 Å². The minimum absolute atomic E-state index is 0. The Morgan fingerprint density at radius 3 is 1.57 bits per heavy atom. The van der Waals surface area contributed by atoms with Gasteiger partial charge in [-0.05, 0) is 13.8 Å². The van der Waals surface area contributed by atoms with Crippen LogP contribution in [0.25, 0.3) is 0 Å². The van der Waals surface area contributed by atoms with Gasteiger partial charge in [-0.25, -0.2) is 0 Å². The van der Waals surface area contributed by atoms with Crippen molar-refractivity contribution in [3.05, 3.63) is 0 Å². The van der Waals surface area contributed by atoms with Crippen molar-refractivity contribution < 1.29 is 4.57 Å². The van der Waals surface area contributed by atoms with Crippen LogP contribution in [0.5, 0.6) is 0 Å². The molecule has 0 unspecified atom stereocenters. The van der Waals surface area contributed by atoms with Crippen molar-refractivity contribution in [2.75, 3.05) is 12.3 Å². The monoisotopic (exact) mass is 141 g/mol. The Balaban J connectivity index is 0. The van der Waals surface area contributed by atoms with Gasteiger partial charge in [0.05, 0.1) is 0 Å². The zero-order valence-corrected chi connectivity index (χ0v) is 6.39. The Kier molecular flexibility index (Phi) is 9.48. The first-order chi connectivity index (χ1) is 2.81. The predicted octanol–water partition coefficient (Wildman–Crippen LogP) is 2.28. The molecule has 0 saturated heterocycles. The molecule has 1 nitrogen and oxygen atoms in total. The minimum Gasteiger partial charge on any atom is -0.147 e. The Morgan fingerprint density at radius 2 is 1.57 bits per heavy atom. The maximum atomic E-state index is 10.3. The van der Waals surface area contributed by atoms with Gasteiger partial charge in [0.1, 0.15) is 12.3 Å². The summed E-state index contributed by atoms with van der Waals surface area (Å²) in [6.45, 7) is 3.89. The molecular weight excluding hydrogens is 130 g/mol. The van der Waals surface area contributed by atoms with Gasteiger partial charge in [-0.1, -0.05) is 4.57 Å². The molecule has 0 aromatic carbocycles. The average molecular weight is 142 g/mol. The minimum atomic E-state index is -0.826. The highest BCUT2D eigenvalue weighted by molar-refractivity contribution is 7.44. The molecule has 0 saturated carbocycles. The van der Waals surface area contributed by atoms with Gasteiger partial charge in [0.2, 0.25) is 0 Å². The van der Waals surface area contributed by atoms with Crippen LogP contribution in [0.1, 0.15) is 13.8 Å². The summed E-state index contributed by atoms with van der Waals surface area (Å²) >= 11 is 0. The molecule has 3 heteroatoms. The number of halogens is 1. The quantitative estimate of drug-likeness (QED) is 0.540. The van der Waals surface area contributed by atoms with Crippen molar-refractivity contribution in [2.45, 2.75) is 13.8 Å². The summed E-state index contributed by atoms with van der Waals surface area (Å²) in [6, 6.07) is 0. The molecule has 7 heavy (non-hydrogen) atoms. The molecule has 0 aliphatic carbocycles. The van der Waals surface area contributed by atoms with Crippen LogP contribution in [0.2, 0.25) is 0 Å². The maximum Gasteiger partial charge on any atom is 0.338 e. The Hall–Kier alpha value is 0.390. The lowest BCUT2D eigenvalue weighted by Gasteiger charge is -1.66. The first kappa shape index (κ1) is 10.4. The molecule has 0 N–H and O–H groups in total. The number of hydrogen-bond acceptors (Lipinski definition) is 1. The van der Waals surface area contributed by atoms with E-state index in [1.54, 1.807) is 0 Å². The van der Waals surface area contributed by atoms with E-state index in [1.807, 2.05) is 13.8 Å². The van der Waals surface area contributed by atoms with Crippen LogP contribution < -0.4 is 0 Å².